The first kappa shape index (κ1) is 21.5. The van der Waals surface area contributed by atoms with Gasteiger partial charge in [-0.25, -0.2) is 8.42 Å². The van der Waals surface area contributed by atoms with E-state index in [0.29, 0.717) is 11.3 Å². The van der Waals surface area contributed by atoms with Gasteiger partial charge in [-0.1, -0.05) is 18.2 Å². The van der Waals surface area contributed by atoms with Gasteiger partial charge in [0.25, 0.3) is 5.91 Å². The Labute approximate surface area is 177 Å². The SMILES string of the molecule is CC(C)N(C)S(=O)(=O)c1ccc(C(=O)Nc2ccc(Nc3ccccc3)cc2)cc1. The van der Waals surface area contributed by atoms with E-state index in [4.69, 9.17) is 0 Å². The minimum absolute atomic E-state index is 0.155. The fourth-order valence-electron chi connectivity index (χ4n) is 2.75. The number of benzene rings is 3. The molecule has 30 heavy (non-hydrogen) atoms. The van der Waals surface area contributed by atoms with Crippen LogP contribution in [-0.2, 0) is 10.0 Å². The summed E-state index contributed by atoms with van der Waals surface area (Å²) in [5, 5.41) is 6.10. The Morgan fingerprint density at radius 2 is 1.33 bits per heavy atom. The normalized spacial score (nSPS) is 11.5. The molecule has 156 valence electrons. The second kappa shape index (κ2) is 9.11. The van der Waals surface area contributed by atoms with E-state index < -0.39 is 10.0 Å². The van der Waals surface area contributed by atoms with Crippen LogP contribution < -0.4 is 10.6 Å². The van der Waals surface area contributed by atoms with E-state index in [1.807, 2.05) is 42.5 Å². The molecule has 7 heteroatoms. The molecule has 0 aliphatic heterocycles. The molecule has 0 bridgehead atoms. The molecule has 3 aromatic carbocycles. The molecule has 0 aliphatic carbocycles. The molecule has 0 atom stereocenters. The quantitative estimate of drug-likeness (QED) is 0.577. The Morgan fingerprint density at radius 3 is 1.90 bits per heavy atom. The lowest BCUT2D eigenvalue weighted by Gasteiger charge is -2.21. The summed E-state index contributed by atoms with van der Waals surface area (Å²) in [7, 11) is -2.04. The maximum absolute atomic E-state index is 12.5. The Balaban J connectivity index is 1.66. The molecule has 0 radical (unpaired) electrons. The van der Waals surface area contributed by atoms with Gasteiger partial charge in [-0.15, -0.1) is 0 Å². The number of hydrogen-bond donors (Lipinski definition) is 2. The molecule has 0 aliphatic rings. The van der Waals surface area contributed by atoms with E-state index in [-0.39, 0.29) is 16.8 Å². The van der Waals surface area contributed by atoms with Crippen molar-refractivity contribution in [1.29, 1.82) is 0 Å². The van der Waals surface area contributed by atoms with Crippen molar-refractivity contribution >= 4 is 33.0 Å². The zero-order valence-corrected chi connectivity index (χ0v) is 18.0. The number of carbonyl (C=O) groups excluding carboxylic acids is 1. The first-order valence-electron chi connectivity index (χ1n) is 9.59. The largest absolute Gasteiger partial charge is 0.356 e. The number of anilines is 3. The zero-order valence-electron chi connectivity index (χ0n) is 17.2. The highest BCUT2D eigenvalue weighted by molar-refractivity contribution is 7.89. The lowest BCUT2D eigenvalue weighted by atomic mass is 10.2. The van der Waals surface area contributed by atoms with Crippen LogP contribution >= 0.6 is 0 Å². The average Bonchev–Trinajstić information content (AvgIpc) is 2.75. The van der Waals surface area contributed by atoms with Crippen molar-refractivity contribution < 1.29 is 13.2 Å². The molecule has 0 fully saturated rings. The molecule has 0 saturated carbocycles. The third-order valence-electron chi connectivity index (χ3n) is 4.73. The van der Waals surface area contributed by atoms with E-state index in [1.165, 1.54) is 35.6 Å². The summed E-state index contributed by atoms with van der Waals surface area (Å²) in [5.74, 6) is -0.306. The fourth-order valence-corrected chi connectivity index (χ4v) is 4.12. The second-order valence-electron chi connectivity index (χ2n) is 7.16. The number of nitrogens with one attached hydrogen (secondary N) is 2. The van der Waals surface area contributed by atoms with Gasteiger partial charge in [-0.05, 0) is 74.5 Å². The van der Waals surface area contributed by atoms with Gasteiger partial charge in [-0.3, -0.25) is 4.79 Å². The molecule has 3 rings (SSSR count). The summed E-state index contributed by atoms with van der Waals surface area (Å²) < 4.78 is 26.4. The van der Waals surface area contributed by atoms with Crippen LogP contribution in [0.5, 0.6) is 0 Å². The smallest absolute Gasteiger partial charge is 0.255 e. The van der Waals surface area contributed by atoms with Gasteiger partial charge < -0.3 is 10.6 Å². The third kappa shape index (κ3) is 5.06. The highest BCUT2D eigenvalue weighted by Crippen LogP contribution is 2.20. The summed E-state index contributed by atoms with van der Waals surface area (Å²) in [6, 6.07) is 22.9. The van der Waals surface area contributed by atoms with Crippen LogP contribution in [-0.4, -0.2) is 31.7 Å². The number of rotatable bonds is 7. The minimum Gasteiger partial charge on any atom is -0.356 e. The number of para-hydroxylation sites is 1. The summed E-state index contributed by atoms with van der Waals surface area (Å²) in [5.41, 5.74) is 2.91. The molecular weight excluding hydrogens is 398 g/mol. The lowest BCUT2D eigenvalue weighted by Crippen LogP contribution is -2.33. The number of carbonyl (C=O) groups is 1. The zero-order chi connectivity index (χ0) is 21.7. The predicted octanol–water partition coefficient (Wildman–Crippen LogP) is 4.71. The van der Waals surface area contributed by atoms with Gasteiger partial charge in [0.1, 0.15) is 0 Å². The van der Waals surface area contributed by atoms with E-state index in [2.05, 4.69) is 10.6 Å². The van der Waals surface area contributed by atoms with Crippen molar-refractivity contribution in [2.24, 2.45) is 0 Å². The number of nitrogens with zero attached hydrogens (tertiary/aromatic N) is 1. The molecule has 0 unspecified atom stereocenters. The maximum atomic E-state index is 12.5. The van der Waals surface area contributed by atoms with Crippen molar-refractivity contribution in [3.05, 3.63) is 84.4 Å². The van der Waals surface area contributed by atoms with Gasteiger partial charge in [-0.2, -0.15) is 4.31 Å². The minimum atomic E-state index is -3.58. The maximum Gasteiger partial charge on any atom is 0.255 e. The summed E-state index contributed by atoms with van der Waals surface area (Å²) in [4.78, 5) is 12.7. The average molecular weight is 424 g/mol. The highest BCUT2D eigenvalue weighted by Gasteiger charge is 2.23. The Hall–Kier alpha value is -3.16. The van der Waals surface area contributed by atoms with Gasteiger partial charge in [0.05, 0.1) is 4.90 Å². The topological polar surface area (TPSA) is 78.5 Å². The van der Waals surface area contributed by atoms with Crippen LogP contribution in [0.1, 0.15) is 24.2 Å². The van der Waals surface area contributed by atoms with Crippen LogP contribution in [0.25, 0.3) is 0 Å². The monoisotopic (exact) mass is 423 g/mol. The predicted molar refractivity (Wildman–Crippen MR) is 121 cm³/mol. The Bertz CT molecular complexity index is 1090. The van der Waals surface area contributed by atoms with Crippen LogP contribution in [0.4, 0.5) is 17.1 Å². The fraction of sp³-hybridized carbons (Fsp3) is 0.174. The molecule has 3 aromatic rings. The van der Waals surface area contributed by atoms with E-state index in [0.717, 1.165) is 11.4 Å². The van der Waals surface area contributed by atoms with Crippen LogP contribution in [0.15, 0.2) is 83.8 Å². The molecule has 0 spiro atoms. The molecule has 6 nitrogen and oxygen atoms in total. The van der Waals surface area contributed by atoms with Gasteiger partial charge in [0, 0.05) is 35.7 Å². The highest BCUT2D eigenvalue weighted by atomic mass is 32.2. The van der Waals surface area contributed by atoms with Gasteiger partial charge in [0.2, 0.25) is 10.0 Å². The van der Waals surface area contributed by atoms with Crippen molar-refractivity contribution in [1.82, 2.24) is 4.31 Å². The molecular formula is C23H25N3O3S. The summed E-state index contributed by atoms with van der Waals surface area (Å²) in [6.07, 6.45) is 0. The molecule has 2 N–H and O–H groups in total. The number of amides is 1. The van der Waals surface area contributed by atoms with Crippen LogP contribution in [0.3, 0.4) is 0 Å². The standard InChI is InChI=1S/C23H25N3O3S/c1-17(2)26(3)30(28,29)22-15-9-18(10-16-22)23(27)25-21-13-11-20(12-14-21)24-19-7-5-4-6-8-19/h4-17,24H,1-3H3,(H,25,27). The van der Waals surface area contributed by atoms with Crippen molar-refractivity contribution in [3.8, 4) is 0 Å². The second-order valence-corrected chi connectivity index (χ2v) is 9.16. The first-order valence-corrected chi connectivity index (χ1v) is 11.0. The van der Waals surface area contributed by atoms with Crippen molar-refractivity contribution in [3.63, 3.8) is 0 Å². The summed E-state index contributed by atoms with van der Waals surface area (Å²) >= 11 is 0. The molecule has 0 aromatic heterocycles. The first-order chi connectivity index (χ1) is 14.3. The molecule has 1 amide bonds. The van der Waals surface area contributed by atoms with Gasteiger partial charge >= 0.3 is 0 Å². The van der Waals surface area contributed by atoms with Crippen LogP contribution in [0.2, 0.25) is 0 Å². The van der Waals surface area contributed by atoms with E-state index in [1.54, 1.807) is 26.0 Å². The van der Waals surface area contributed by atoms with Crippen molar-refractivity contribution in [2.75, 3.05) is 17.7 Å². The van der Waals surface area contributed by atoms with Crippen molar-refractivity contribution in [2.45, 2.75) is 24.8 Å². The van der Waals surface area contributed by atoms with Crippen LogP contribution in [0, 0.1) is 0 Å². The van der Waals surface area contributed by atoms with E-state index >= 15 is 0 Å². The third-order valence-corrected chi connectivity index (χ3v) is 6.77. The molecule has 0 heterocycles. The number of hydrogen-bond acceptors (Lipinski definition) is 4. The number of sulfonamides is 1. The van der Waals surface area contributed by atoms with E-state index in [9.17, 15) is 13.2 Å². The molecule has 0 saturated heterocycles. The Kier molecular flexibility index (Phi) is 6.54. The van der Waals surface area contributed by atoms with Gasteiger partial charge in [0.15, 0.2) is 0 Å². The summed E-state index contributed by atoms with van der Waals surface area (Å²) in [6.45, 7) is 3.61. The lowest BCUT2D eigenvalue weighted by molar-refractivity contribution is 0.102. The Morgan fingerprint density at radius 1 is 0.800 bits per heavy atom.